The van der Waals surface area contributed by atoms with Gasteiger partial charge in [-0.1, -0.05) is 28.1 Å². The number of nitrogens with zero attached hydrogens (tertiary/aromatic N) is 2. The summed E-state index contributed by atoms with van der Waals surface area (Å²) in [5.41, 5.74) is 0.772. The Hall–Kier alpha value is -2.39. The van der Waals surface area contributed by atoms with Gasteiger partial charge in [-0.05, 0) is 30.3 Å². The molecule has 23 heavy (non-hydrogen) atoms. The minimum absolute atomic E-state index is 0.132. The maximum Gasteiger partial charge on any atom is 0.260 e. The molecule has 0 aliphatic rings. The normalized spacial score (nSPS) is 10.0. The highest BCUT2D eigenvalue weighted by Gasteiger charge is 2.13. The van der Waals surface area contributed by atoms with Gasteiger partial charge in [0, 0.05) is 23.6 Å². The standard InChI is InChI=1S/C17H14BrFN2O2/c1-21(10-13-8-14(18)6-7-15(13)19)17(22)11-23-16-5-3-2-4-12(16)9-20/h2-8H,10-11H2,1H3. The van der Waals surface area contributed by atoms with Crippen molar-refractivity contribution in [3.63, 3.8) is 0 Å². The number of benzene rings is 2. The Morgan fingerprint density at radius 3 is 2.83 bits per heavy atom. The van der Waals surface area contributed by atoms with Gasteiger partial charge >= 0.3 is 0 Å². The summed E-state index contributed by atoms with van der Waals surface area (Å²) in [6, 6.07) is 13.2. The van der Waals surface area contributed by atoms with Crippen LogP contribution in [0.25, 0.3) is 0 Å². The summed E-state index contributed by atoms with van der Waals surface area (Å²) in [4.78, 5) is 13.5. The summed E-state index contributed by atoms with van der Waals surface area (Å²) in [5, 5.41) is 8.97. The lowest BCUT2D eigenvalue weighted by atomic mass is 10.2. The van der Waals surface area contributed by atoms with E-state index in [1.807, 2.05) is 6.07 Å². The molecule has 1 amide bonds. The molecule has 0 radical (unpaired) electrons. The predicted octanol–water partition coefficient (Wildman–Crippen LogP) is 3.50. The van der Waals surface area contributed by atoms with Crippen LogP contribution in [0.1, 0.15) is 11.1 Å². The molecule has 0 fully saturated rings. The lowest BCUT2D eigenvalue weighted by molar-refractivity contribution is -0.132. The molecular formula is C17H14BrFN2O2. The number of halogens is 2. The number of nitriles is 1. The number of ether oxygens (including phenoxy) is 1. The van der Waals surface area contributed by atoms with Gasteiger partial charge in [-0.3, -0.25) is 4.79 Å². The summed E-state index contributed by atoms with van der Waals surface area (Å²) in [6.07, 6.45) is 0. The van der Waals surface area contributed by atoms with Crippen LogP contribution in [-0.4, -0.2) is 24.5 Å². The van der Waals surface area contributed by atoms with Crippen LogP contribution in [-0.2, 0) is 11.3 Å². The largest absolute Gasteiger partial charge is 0.482 e. The summed E-state index contributed by atoms with van der Waals surface area (Å²) < 4.78 is 19.8. The molecule has 0 aliphatic carbocycles. The average Bonchev–Trinajstić information content (AvgIpc) is 2.56. The number of para-hydroxylation sites is 1. The van der Waals surface area contributed by atoms with Crippen molar-refractivity contribution in [3.8, 4) is 11.8 Å². The number of rotatable bonds is 5. The van der Waals surface area contributed by atoms with E-state index in [9.17, 15) is 9.18 Å². The van der Waals surface area contributed by atoms with E-state index in [1.54, 1.807) is 43.4 Å². The maximum atomic E-state index is 13.7. The lowest BCUT2D eigenvalue weighted by Gasteiger charge is -2.18. The van der Waals surface area contributed by atoms with Gasteiger partial charge in [0.05, 0.1) is 5.56 Å². The fourth-order valence-electron chi connectivity index (χ4n) is 1.94. The maximum absolute atomic E-state index is 13.7. The first-order valence-electron chi connectivity index (χ1n) is 6.81. The van der Waals surface area contributed by atoms with Crippen LogP contribution in [0.3, 0.4) is 0 Å². The summed E-state index contributed by atoms with van der Waals surface area (Å²) in [6.45, 7) is -0.0851. The van der Waals surface area contributed by atoms with Gasteiger partial charge in [-0.25, -0.2) is 4.39 Å². The van der Waals surface area contributed by atoms with Crippen LogP contribution < -0.4 is 4.74 Å². The van der Waals surface area contributed by atoms with E-state index in [0.717, 1.165) is 4.47 Å². The minimum atomic E-state index is -0.372. The number of likely N-dealkylation sites (N-methyl/N-ethyl adjacent to an activating group) is 1. The van der Waals surface area contributed by atoms with Crippen molar-refractivity contribution in [2.24, 2.45) is 0 Å². The highest BCUT2D eigenvalue weighted by atomic mass is 79.9. The number of hydrogen-bond acceptors (Lipinski definition) is 3. The summed E-state index contributed by atoms with van der Waals surface area (Å²) in [7, 11) is 1.57. The molecule has 0 saturated heterocycles. The van der Waals surface area contributed by atoms with Crippen molar-refractivity contribution < 1.29 is 13.9 Å². The quantitative estimate of drug-likeness (QED) is 0.802. The van der Waals surface area contributed by atoms with Crippen LogP contribution in [0, 0.1) is 17.1 Å². The molecule has 0 atom stereocenters. The molecule has 0 aliphatic heterocycles. The van der Waals surface area contributed by atoms with Gasteiger partial charge in [0.25, 0.3) is 5.91 Å². The summed E-state index contributed by atoms with van der Waals surface area (Å²) >= 11 is 3.28. The van der Waals surface area contributed by atoms with Crippen molar-refractivity contribution >= 4 is 21.8 Å². The molecule has 0 aromatic heterocycles. The second-order valence-corrected chi connectivity index (χ2v) is 5.80. The molecule has 0 saturated carbocycles. The van der Waals surface area contributed by atoms with Gasteiger partial charge in [-0.2, -0.15) is 5.26 Å². The molecule has 0 spiro atoms. The Balaban J connectivity index is 1.98. The highest BCUT2D eigenvalue weighted by molar-refractivity contribution is 9.10. The number of hydrogen-bond donors (Lipinski definition) is 0. The average molecular weight is 377 g/mol. The van der Waals surface area contributed by atoms with Gasteiger partial charge < -0.3 is 9.64 Å². The van der Waals surface area contributed by atoms with E-state index < -0.39 is 0 Å². The number of carbonyl (C=O) groups is 1. The topological polar surface area (TPSA) is 53.3 Å². The second kappa shape index (κ2) is 7.75. The number of amides is 1. The second-order valence-electron chi connectivity index (χ2n) is 4.88. The molecule has 4 nitrogen and oxygen atoms in total. The Bertz CT molecular complexity index is 758. The lowest BCUT2D eigenvalue weighted by Crippen LogP contribution is -2.31. The summed E-state index contributed by atoms with van der Waals surface area (Å²) in [5.74, 6) is -0.328. The Kier molecular flexibility index (Phi) is 5.72. The zero-order chi connectivity index (χ0) is 16.8. The van der Waals surface area contributed by atoms with E-state index in [0.29, 0.717) is 16.9 Å². The van der Waals surface area contributed by atoms with Gasteiger partial charge in [0.15, 0.2) is 6.61 Å². The monoisotopic (exact) mass is 376 g/mol. The van der Waals surface area contributed by atoms with Crippen LogP contribution in [0.15, 0.2) is 46.9 Å². The minimum Gasteiger partial charge on any atom is -0.482 e. The van der Waals surface area contributed by atoms with Gasteiger partial charge in [0.2, 0.25) is 0 Å². The van der Waals surface area contributed by atoms with E-state index >= 15 is 0 Å². The Labute approximate surface area is 142 Å². The molecule has 6 heteroatoms. The predicted molar refractivity (Wildman–Crippen MR) is 87.2 cm³/mol. The van der Waals surface area contributed by atoms with Gasteiger partial charge in [0.1, 0.15) is 17.6 Å². The third-order valence-corrected chi connectivity index (χ3v) is 3.69. The smallest absolute Gasteiger partial charge is 0.260 e. The van der Waals surface area contributed by atoms with E-state index in [-0.39, 0.29) is 24.9 Å². The Morgan fingerprint density at radius 1 is 1.35 bits per heavy atom. The number of carbonyl (C=O) groups excluding carboxylic acids is 1. The third kappa shape index (κ3) is 4.54. The highest BCUT2D eigenvalue weighted by Crippen LogP contribution is 2.18. The molecule has 2 aromatic carbocycles. The molecule has 2 aromatic rings. The zero-order valence-electron chi connectivity index (χ0n) is 12.4. The third-order valence-electron chi connectivity index (χ3n) is 3.20. The van der Waals surface area contributed by atoms with Crippen molar-refractivity contribution in [1.29, 1.82) is 5.26 Å². The van der Waals surface area contributed by atoms with E-state index in [2.05, 4.69) is 15.9 Å². The van der Waals surface area contributed by atoms with Crippen LogP contribution >= 0.6 is 15.9 Å². The van der Waals surface area contributed by atoms with Crippen molar-refractivity contribution in [2.45, 2.75) is 6.54 Å². The fraction of sp³-hybridized carbons (Fsp3) is 0.176. The Morgan fingerprint density at radius 2 is 2.09 bits per heavy atom. The molecule has 0 unspecified atom stereocenters. The first kappa shape index (κ1) is 17.0. The SMILES string of the molecule is CN(Cc1cc(Br)ccc1F)C(=O)COc1ccccc1C#N. The van der Waals surface area contributed by atoms with Gasteiger partial charge in [-0.15, -0.1) is 0 Å². The van der Waals surface area contributed by atoms with Crippen LogP contribution in [0.5, 0.6) is 5.75 Å². The molecule has 2 rings (SSSR count). The zero-order valence-corrected chi connectivity index (χ0v) is 14.0. The van der Waals surface area contributed by atoms with Crippen molar-refractivity contribution in [2.75, 3.05) is 13.7 Å². The molecule has 118 valence electrons. The van der Waals surface area contributed by atoms with E-state index in [1.165, 1.54) is 11.0 Å². The molecule has 0 heterocycles. The first-order valence-corrected chi connectivity index (χ1v) is 7.60. The van der Waals surface area contributed by atoms with Crippen molar-refractivity contribution in [3.05, 3.63) is 63.9 Å². The van der Waals surface area contributed by atoms with E-state index in [4.69, 9.17) is 10.00 Å². The first-order chi connectivity index (χ1) is 11.0. The van der Waals surface area contributed by atoms with Crippen LogP contribution in [0.2, 0.25) is 0 Å². The van der Waals surface area contributed by atoms with Crippen molar-refractivity contribution in [1.82, 2.24) is 4.90 Å². The fourth-order valence-corrected chi connectivity index (χ4v) is 2.35. The van der Waals surface area contributed by atoms with Crippen LogP contribution in [0.4, 0.5) is 4.39 Å². The molecular weight excluding hydrogens is 363 g/mol. The molecule has 0 bridgehead atoms. The molecule has 0 N–H and O–H groups in total.